The van der Waals surface area contributed by atoms with E-state index in [9.17, 15) is 0 Å². The topological polar surface area (TPSA) is 34.1 Å². The number of nitrogens with one attached hydrogen (secondary N) is 1. The van der Waals surface area contributed by atoms with Crippen LogP contribution in [0.5, 0.6) is 5.75 Å². The highest BCUT2D eigenvalue weighted by Gasteiger charge is 2.09. The first kappa shape index (κ1) is 12.6. The summed E-state index contributed by atoms with van der Waals surface area (Å²) < 4.78 is 5.79. The Labute approximate surface area is 108 Å². The van der Waals surface area contributed by atoms with Crippen molar-refractivity contribution in [3.8, 4) is 5.75 Å². The molecule has 0 saturated heterocycles. The second kappa shape index (κ2) is 6.17. The molecule has 18 heavy (non-hydrogen) atoms. The number of pyridine rings is 1. The molecule has 1 N–H and O–H groups in total. The van der Waals surface area contributed by atoms with E-state index in [4.69, 9.17) is 4.74 Å². The lowest BCUT2D eigenvalue weighted by molar-refractivity contribution is 0.272. The van der Waals surface area contributed by atoms with Gasteiger partial charge in [-0.25, -0.2) is 0 Å². The van der Waals surface area contributed by atoms with Crippen molar-refractivity contribution in [2.24, 2.45) is 0 Å². The zero-order valence-electron chi connectivity index (χ0n) is 10.8. The second-order valence-electron chi connectivity index (χ2n) is 4.20. The molecule has 0 aliphatic rings. The standard InChI is InChI=1S/C15H18N2O/c1-12-10-14(8-9-17-12)18-11-15(16-2)13-6-4-3-5-7-13/h3-10,15-16H,11H2,1-2H3. The van der Waals surface area contributed by atoms with Crippen LogP contribution in [-0.4, -0.2) is 18.6 Å². The zero-order valence-corrected chi connectivity index (χ0v) is 10.8. The average Bonchev–Trinajstić information content (AvgIpc) is 2.41. The lowest BCUT2D eigenvalue weighted by atomic mass is 10.1. The molecule has 3 nitrogen and oxygen atoms in total. The van der Waals surface area contributed by atoms with E-state index >= 15 is 0 Å². The molecule has 94 valence electrons. The molecule has 0 aliphatic heterocycles. The Morgan fingerprint density at radius 2 is 2.00 bits per heavy atom. The van der Waals surface area contributed by atoms with Gasteiger partial charge in [-0.2, -0.15) is 0 Å². The van der Waals surface area contributed by atoms with E-state index in [1.165, 1.54) is 5.56 Å². The Hall–Kier alpha value is -1.87. The van der Waals surface area contributed by atoms with Gasteiger partial charge in [0.2, 0.25) is 0 Å². The van der Waals surface area contributed by atoms with E-state index in [-0.39, 0.29) is 6.04 Å². The molecule has 1 aromatic heterocycles. The fourth-order valence-electron chi connectivity index (χ4n) is 1.82. The summed E-state index contributed by atoms with van der Waals surface area (Å²) >= 11 is 0. The largest absolute Gasteiger partial charge is 0.491 e. The molecule has 0 saturated carbocycles. The first-order valence-electron chi connectivity index (χ1n) is 6.07. The van der Waals surface area contributed by atoms with Crippen molar-refractivity contribution in [2.75, 3.05) is 13.7 Å². The number of benzene rings is 1. The highest BCUT2D eigenvalue weighted by Crippen LogP contribution is 2.16. The van der Waals surface area contributed by atoms with Crippen molar-refractivity contribution < 1.29 is 4.74 Å². The molecule has 2 rings (SSSR count). The summed E-state index contributed by atoms with van der Waals surface area (Å²) in [5.74, 6) is 0.860. The zero-order chi connectivity index (χ0) is 12.8. The number of hydrogen-bond acceptors (Lipinski definition) is 3. The number of aromatic nitrogens is 1. The molecule has 0 amide bonds. The van der Waals surface area contributed by atoms with Gasteiger partial charge in [0.15, 0.2) is 0 Å². The van der Waals surface area contributed by atoms with Crippen LogP contribution in [0.3, 0.4) is 0 Å². The van der Waals surface area contributed by atoms with Gasteiger partial charge in [0.1, 0.15) is 12.4 Å². The molecule has 0 aliphatic carbocycles. The lowest BCUT2D eigenvalue weighted by Gasteiger charge is -2.17. The minimum atomic E-state index is 0.194. The van der Waals surface area contributed by atoms with Crippen molar-refractivity contribution in [3.63, 3.8) is 0 Å². The molecular weight excluding hydrogens is 224 g/mol. The van der Waals surface area contributed by atoms with Gasteiger partial charge in [0, 0.05) is 18.0 Å². The molecule has 0 fully saturated rings. The third-order valence-electron chi connectivity index (χ3n) is 2.84. The summed E-state index contributed by atoms with van der Waals surface area (Å²) in [4.78, 5) is 4.15. The molecule has 0 radical (unpaired) electrons. The maximum Gasteiger partial charge on any atom is 0.122 e. The normalized spacial score (nSPS) is 12.1. The lowest BCUT2D eigenvalue weighted by Crippen LogP contribution is -2.23. The van der Waals surface area contributed by atoms with Crippen molar-refractivity contribution in [2.45, 2.75) is 13.0 Å². The third kappa shape index (κ3) is 3.31. The first-order valence-corrected chi connectivity index (χ1v) is 6.07. The van der Waals surface area contributed by atoms with Crippen molar-refractivity contribution in [1.29, 1.82) is 0 Å². The highest BCUT2D eigenvalue weighted by molar-refractivity contribution is 5.23. The maximum atomic E-state index is 5.79. The van der Waals surface area contributed by atoms with Crippen molar-refractivity contribution in [3.05, 3.63) is 59.9 Å². The van der Waals surface area contributed by atoms with Crippen molar-refractivity contribution in [1.82, 2.24) is 10.3 Å². The Balaban J connectivity index is 2.00. The number of aryl methyl sites for hydroxylation is 1. The van der Waals surface area contributed by atoms with Gasteiger partial charge < -0.3 is 10.1 Å². The molecule has 1 unspecified atom stereocenters. The third-order valence-corrected chi connectivity index (χ3v) is 2.84. The van der Waals surface area contributed by atoms with Crippen LogP contribution < -0.4 is 10.1 Å². The second-order valence-corrected chi connectivity index (χ2v) is 4.20. The van der Waals surface area contributed by atoms with Crippen LogP contribution in [0.25, 0.3) is 0 Å². The summed E-state index contributed by atoms with van der Waals surface area (Å²) in [6, 6.07) is 14.3. The van der Waals surface area contributed by atoms with Crippen LogP contribution in [0, 0.1) is 6.92 Å². The monoisotopic (exact) mass is 242 g/mol. The van der Waals surface area contributed by atoms with Gasteiger partial charge >= 0.3 is 0 Å². The van der Waals surface area contributed by atoms with E-state index < -0.39 is 0 Å². The van der Waals surface area contributed by atoms with Crippen LogP contribution in [0.15, 0.2) is 48.7 Å². The van der Waals surface area contributed by atoms with Crippen LogP contribution in [0.1, 0.15) is 17.3 Å². The molecule has 0 spiro atoms. The average molecular weight is 242 g/mol. The molecule has 3 heteroatoms. The predicted octanol–water partition coefficient (Wildman–Crippen LogP) is 2.73. The fourth-order valence-corrected chi connectivity index (χ4v) is 1.82. The summed E-state index contributed by atoms with van der Waals surface area (Å²) in [6.45, 7) is 2.56. The van der Waals surface area contributed by atoms with E-state index in [1.807, 2.05) is 44.3 Å². The van der Waals surface area contributed by atoms with Gasteiger partial charge in [0.05, 0.1) is 6.04 Å². The smallest absolute Gasteiger partial charge is 0.122 e. The first-order chi connectivity index (χ1) is 8.79. The van der Waals surface area contributed by atoms with E-state index in [2.05, 4.69) is 22.4 Å². The minimum Gasteiger partial charge on any atom is -0.491 e. The number of rotatable bonds is 5. The molecule has 2 aromatic rings. The van der Waals surface area contributed by atoms with E-state index in [1.54, 1.807) is 6.20 Å². The minimum absolute atomic E-state index is 0.194. The summed E-state index contributed by atoms with van der Waals surface area (Å²) in [6.07, 6.45) is 1.77. The van der Waals surface area contributed by atoms with E-state index in [0.29, 0.717) is 6.61 Å². The fraction of sp³-hybridized carbons (Fsp3) is 0.267. The van der Waals surface area contributed by atoms with Crippen molar-refractivity contribution >= 4 is 0 Å². The number of ether oxygens (including phenoxy) is 1. The number of likely N-dealkylation sites (N-methyl/N-ethyl adjacent to an activating group) is 1. The Morgan fingerprint density at radius 1 is 1.22 bits per heavy atom. The molecular formula is C15H18N2O. The summed E-state index contributed by atoms with van der Waals surface area (Å²) in [5, 5.41) is 3.26. The van der Waals surface area contributed by atoms with Crippen LogP contribution in [0.2, 0.25) is 0 Å². The summed E-state index contributed by atoms with van der Waals surface area (Å²) in [5.41, 5.74) is 2.19. The molecule has 1 atom stereocenters. The van der Waals surface area contributed by atoms with Crippen LogP contribution in [-0.2, 0) is 0 Å². The predicted molar refractivity (Wildman–Crippen MR) is 72.7 cm³/mol. The van der Waals surface area contributed by atoms with E-state index in [0.717, 1.165) is 11.4 Å². The molecule has 1 heterocycles. The Bertz CT molecular complexity index is 485. The number of hydrogen-bond donors (Lipinski definition) is 1. The molecule has 1 aromatic carbocycles. The Morgan fingerprint density at radius 3 is 2.67 bits per heavy atom. The van der Waals surface area contributed by atoms with Gasteiger partial charge in [-0.3, -0.25) is 4.98 Å². The van der Waals surface area contributed by atoms with Gasteiger partial charge in [-0.05, 0) is 25.6 Å². The quantitative estimate of drug-likeness (QED) is 0.875. The van der Waals surface area contributed by atoms with Gasteiger partial charge in [-0.15, -0.1) is 0 Å². The van der Waals surface area contributed by atoms with Gasteiger partial charge in [0.25, 0.3) is 0 Å². The maximum absolute atomic E-state index is 5.79. The Kier molecular flexibility index (Phi) is 4.31. The SMILES string of the molecule is CNC(COc1ccnc(C)c1)c1ccccc1. The summed E-state index contributed by atoms with van der Waals surface area (Å²) in [7, 11) is 1.94. The van der Waals surface area contributed by atoms with Gasteiger partial charge in [-0.1, -0.05) is 30.3 Å². The van der Waals surface area contributed by atoms with Crippen LogP contribution in [0.4, 0.5) is 0 Å². The highest BCUT2D eigenvalue weighted by atomic mass is 16.5. The van der Waals surface area contributed by atoms with Crippen LogP contribution >= 0.6 is 0 Å². The molecule has 0 bridgehead atoms. The number of nitrogens with zero attached hydrogens (tertiary/aromatic N) is 1.